The van der Waals surface area contributed by atoms with Gasteiger partial charge in [-0.1, -0.05) is 35.9 Å². The van der Waals surface area contributed by atoms with E-state index in [-0.39, 0.29) is 17.6 Å². The Morgan fingerprint density at radius 1 is 1.09 bits per heavy atom. The van der Waals surface area contributed by atoms with E-state index in [1.54, 1.807) is 24.3 Å². The van der Waals surface area contributed by atoms with E-state index < -0.39 is 0 Å². The Labute approximate surface area is 201 Å². The highest BCUT2D eigenvalue weighted by Gasteiger charge is 2.10. The third-order valence-corrected chi connectivity index (χ3v) is 5.58. The first-order chi connectivity index (χ1) is 15.9. The largest absolute Gasteiger partial charge is 0.482 e. The molecule has 0 spiro atoms. The fourth-order valence-corrected chi connectivity index (χ4v) is 3.64. The molecule has 1 aromatic heterocycles. The lowest BCUT2D eigenvalue weighted by molar-refractivity contribution is -0.121. The van der Waals surface area contributed by atoms with Crippen molar-refractivity contribution in [1.82, 2.24) is 10.3 Å². The van der Waals surface area contributed by atoms with E-state index in [1.165, 1.54) is 11.1 Å². The van der Waals surface area contributed by atoms with Crippen molar-refractivity contribution in [1.29, 1.82) is 0 Å². The van der Waals surface area contributed by atoms with Crippen LogP contribution in [0, 0.1) is 13.8 Å². The number of halogens is 1. The van der Waals surface area contributed by atoms with Crippen molar-refractivity contribution in [2.24, 2.45) is 0 Å². The molecule has 0 atom stereocenters. The van der Waals surface area contributed by atoms with Crippen molar-refractivity contribution in [3.05, 3.63) is 88.3 Å². The van der Waals surface area contributed by atoms with Gasteiger partial charge >= 0.3 is 0 Å². The van der Waals surface area contributed by atoms with Gasteiger partial charge < -0.3 is 14.5 Å². The summed E-state index contributed by atoms with van der Waals surface area (Å²) < 4.78 is 11.3. The van der Waals surface area contributed by atoms with Crippen molar-refractivity contribution in [3.8, 4) is 5.75 Å². The van der Waals surface area contributed by atoms with E-state index in [0.717, 1.165) is 22.4 Å². The summed E-state index contributed by atoms with van der Waals surface area (Å²) in [4.78, 5) is 16.7. The van der Waals surface area contributed by atoms with Crippen molar-refractivity contribution in [2.75, 3.05) is 11.9 Å². The van der Waals surface area contributed by atoms with Gasteiger partial charge in [0, 0.05) is 12.1 Å². The molecule has 0 unspecified atom stereocenters. The maximum absolute atomic E-state index is 12.1. The average molecular weight is 480 g/mol. The molecule has 0 saturated carbocycles. The molecule has 0 fully saturated rings. The summed E-state index contributed by atoms with van der Waals surface area (Å²) in [6.45, 7) is 3.92. The van der Waals surface area contributed by atoms with Gasteiger partial charge in [-0.25, -0.2) is 4.98 Å². The Morgan fingerprint density at radius 2 is 1.82 bits per heavy atom. The number of aryl methyl sites for hydroxylation is 2. The Morgan fingerprint density at radius 3 is 2.58 bits per heavy atom. The third-order valence-electron chi connectivity index (χ3n) is 5.06. The van der Waals surface area contributed by atoms with Crippen LogP contribution in [0.4, 0.5) is 5.69 Å². The molecule has 8 heteroatoms. The van der Waals surface area contributed by atoms with Crippen LogP contribution >= 0.6 is 23.8 Å². The Balaban J connectivity index is 1.29. The van der Waals surface area contributed by atoms with Gasteiger partial charge in [-0.3, -0.25) is 10.1 Å². The summed E-state index contributed by atoms with van der Waals surface area (Å²) >= 11 is 11.2. The minimum absolute atomic E-state index is 0.181. The molecule has 0 aliphatic heterocycles. The zero-order chi connectivity index (χ0) is 23.4. The predicted octanol–water partition coefficient (Wildman–Crippen LogP) is 5.58. The highest BCUT2D eigenvalue weighted by atomic mass is 35.5. The van der Waals surface area contributed by atoms with E-state index in [9.17, 15) is 4.79 Å². The van der Waals surface area contributed by atoms with E-state index in [2.05, 4.69) is 29.5 Å². The van der Waals surface area contributed by atoms with Gasteiger partial charge in [0.25, 0.3) is 5.91 Å². The lowest BCUT2D eigenvalue weighted by atomic mass is 10.1. The third kappa shape index (κ3) is 5.88. The van der Waals surface area contributed by atoms with Crippen molar-refractivity contribution in [2.45, 2.75) is 20.3 Å². The highest BCUT2D eigenvalue weighted by Crippen LogP contribution is 2.23. The number of ether oxygens (including phenoxy) is 1. The molecular weight excluding hydrogens is 458 g/mol. The Hall–Kier alpha value is -3.42. The van der Waals surface area contributed by atoms with E-state index in [0.29, 0.717) is 23.1 Å². The van der Waals surface area contributed by atoms with Crippen LogP contribution < -0.4 is 15.4 Å². The predicted molar refractivity (Wildman–Crippen MR) is 134 cm³/mol. The fourth-order valence-electron chi connectivity index (χ4n) is 3.21. The van der Waals surface area contributed by atoms with Gasteiger partial charge in [-0.05, 0) is 79.2 Å². The van der Waals surface area contributed by atoms with Crippen molar-refractivity contribution < 1.29 is 13.9 Å². The molecule has 1 heterocycles. The van der Waals surface area contributed by atoms with Crippen LogP contribution in [0.2, 0.25) is 5.02 Å². The summed E-state index contributed by atoms with van der Waals surface area (Å²) in [6, 6.07) is 18.7. The maximum Gasteiger partial charge on any atom is 0.264 e. The summed E-state index contributed by atoms with van der Waals surface area (Å²) in [5.74, 6) is 0.718. The first-order valence-corrected chi connectivity index (χ1v) is 11.1. The normalized spacial score (nSPS) is 10.8. The number of nitrogens with zero attached hydrogens (tertiary/aromatic N) is 1. The standard InChI is InChI=1S/C25H22ClN3O3S/c1-15-11-20-22(12-16(15)2)32-24(28-20)13-17-7-9-18(10-8-17)27-25(33)29-23(30)14-31-21-6-4-3-5-19(21)26/h3-12H,13-14H2,1-2H3,(H2,27,29,30,33). The molecule has 4 rings (SSSR count). The molecule has 2 N–H and O–H groups in total. The quantitative estimate of drug-likeness (QED) is 0.351. The van der Waals surface area contributed by atoms with E-state index in [1.807, 2.05) is 36.4 Å². The molecule has 0 saturated heterocycles. The van der Waals surface area contributed by atoms with Crippen LogP contribution in [0.25, 0.3) is 11.1 Å². The number of hydrogen-bond donors (Lipinski definition) is 2. The molecule has 4 aromatic rings. The molecule has 1 amide bonds. The van der Waals surface area contributed by atoms with Crippen molar-refractivity contribution >= 4 is 51.6 Å². The molecule has 0 radical (unpaired) electrons. The second kappa shape index (κ2) is 10.0. The first kappa shape index (κ1) is 22.8. The number of aromatic nitrogens is 1. The topological polar surface area (TPSA) is 76.4 Å². The molecular formula is C25H22ClN3O3S. The number of carbonyl (C=O) groups excluding carboxylic acids is 1. The number of para-hydroxylation sites is 1. The number of benzene rings is 3. The fraction of sp³-hybridized carbons (Fsp3) is 0.160. The lowest BCUT2D eigenvalue weighted by Crippen LogP contribution is -2.37. The average Bonchev–Trinajstić information content (AvgIpc) is 3.15. The number of thiocarbonyl (C=S) groups is 1. The first-order valence-electron chi connectivity index (χ1n) is 10.3. The van der Waals surface area contributed by atoms with Gasteiger partial charge in [-0.15, -0.1) is 0 Å². The smallest absolute Gasteiger partial charge is 0.264 e. The van der Waals surface area contributed by atoms with Crippen LogP contribution in [-0.2, 0) is 11.2 Å². The van der Waals surface area contributed by atoms with Gasteiger partial charge in [0.1, 0.15) is 11.3 Å². The monoisotopic (exact) mass is 479 g/mol. The van der Waals surface area contributed by atoms with Gasteiger partial charge in [0.15, 0.2) is 23.2 Å². The number of nitrogens with one attached hydrogen (secondary N) is 2. The van der Waals surface area contributed by atoms with Crippen LogP contribution in [0.5, 0.6) is 5.75 Å². The molecule has 0 aliphatic carbocycles. The number of rotatable bonds is 6. The maximum atomic E-state index is 12.1. The van der Waals surface area contributed by atoms with Crippen LogP contribution in [0.15, 0.2) is 65.1 Å². The minimum atomic E-state index is -0.384. The van der Waals surface area contributed by atoms with Gasteiger partial charge in [-0.2, -0.15) is 0 Å². The molecule has 168 valence electrons. The summed E-state index contributed by atoms with van der Waals surface area (Å²) in [6.07, 6.45) is 0.577. The molecule has 3 aromatic carbocycles. The van der Waals surface area contributed by atoms with Crippen LogP contribution in [-0.4, -0.2) is 22.6 Å². The molecule has 0 aliphatic rings. The second-order valence-electron chi connectivity index (χ2n) is 7.61. The number of fused-ring (bicyclic) bond motifs is 1. The molecule has 33 heavy (non-hydrogen) atoms. The van der Waals surface area contributed by atoms with E-state index >= 15 is 0 Å². The number of carbonyl (C=O) groups is 1. The van der Waals surface area contributed by atoms with E-state index in [4.69, 9.17) is 33.0 Å². The molecule has 0 bridgehead atoms. The zero-order valence-electron chi connectivity index (χ0n) is 18.1. The SMILES string of the molecule is Cc1cc2nc(Cc3ccc(NC(=S)NC(=O)COc4ccccc4Cl)cc3)oc2cc1C. The Bertz CT molecular complexity index is 1280. The van der Waals surface area contributed by atoms with Crippen LogP contribution in [0.1, 0.15) is 22.6 Å². The summed E-state index contributed by atoms with van der Waals surface area (Å²) in [5.41, 5.74) is 5.83. The number of hydrogen-bond acceptors (Lipinski definition) is 5. The zero-order valence-corrected chi connectivity index (χ0v) is 19.7. The summed E-state index contributed by atoms with van der Waals surface area (Å²) in [5, 5.41) is 6.19. The van der Waals surface area contributed by atoms with Gasteiger partial charge in [0.05, 0.1) is 5.02 Å². The van der Waals surface area contributed by atoms with Crippen molar-refractivity contribution in [3.63, 3.8) is 0 Å². The number of anilines is 1. The molecule has 6 nitrogen and oxygen atoms in total. The van der Waals surface area contributed by atoms with Gasteiger partial charge in [0.2, 0.25) is 0 Å². The minimum Gasteiger partial charge on any atom is -0.482 e. The second-order valence-corrected chi connectivity index (χ2v) is 8.42. The van der Waals surface area contributed by atoms with Crippen LogP contribution in [0.3, 0.4) is 0 Å². The Kier molecular flexibility index (Phi) is 6.91. The highest BCUT2D eigenvalue weighted by molar-refractivity contribution is 7.80. The number of amides is 1. The summed E-state index contributed by atoms with van der Waals surface area (Å²) in [7, 11) is 0. The lowest BCUT2D eigenvalue weighted by Gasteiger charge is -2.11. The number of oxazole rings is 1.